The lowest BCUT2D eigenvalue weighted by molar-refractivity contribution is 1.16. The zero-order chi connectivity index (χ0) is 12.1. The maximum absolute atomic E-state index is 5.36. The average molecular weight is 245 g/mol. The van der Waals surface area contributed by atoms with Gasteiger partial charge in [0.15, 0.2) is 0 Å². The van der Waals surface area contributed by atoms with Crippen molar-refractivity contribution in [2.75, 3.05) is 5.43 Å². The molecular weight excluding hydrogens is 230 g/mol. The summed E-state index contributed by atoms with van der Waals surface area (Å²) in [6.07, 6.45) is 1.76. The van der Waals surface area contributed by atoms with Gasteiger partial charge in [-0.3, -0.25) is 10.8 Å². The summed E-state index contributed by atoms with van der Waals surface area (Å²) in [5.74, 6) is 6.20. The molecule has 2 aromatic rings. The van der Waals surface area contributed by atoms with Gasteiger partial charge < -0.3 is 5.43 Å². The molecule has 0 aliphatic carbocycles. The highest BCUT2D eigenvalue weighted by atomic mass is 32.2. The van der Waals surface area contributed by atoms with E-state index in [1.807, 2.05) is 12.1 Å². The lowest BCUT2D eigenvalue weighted by Gasteiger charge is -2.04. The molecule has 88 valence electrons. The number of hydrazine groups is 1. The van der Waals surface area contributed by atoms with Crippen LogP contribution in [0.4, 0.5) is 5.69 Å². The van der Waals surface area contributed by atoms with E-state index < -0.39 is 0 Å². The standard InChI is InChI=1S/C13H15N3S/c1-10-2-4-13(5-3-10)17-9-12-8-11(16-14)6-7-15-12/h2-8H,9,14H2,1H3,(H,15,16). The third kappa shape index (κ3) is 3.47. The normalized spacial score (nSPS) is 10.2. The third-order valence-electron chi connectivity index (χ3n) is 2.39. The highest BCUT2D eigenvalue weighted by Crippen LogP contribution is 2.22. The van der Waals surface area contributed by atoms with Crippen molar-refractivity contribution in [2.45, 2.75) is 17.6 Å². The van der Waals surface area contributed by atoms with E-state index in [-0.39, 0.29) is 0 Å². The average Bonchev–Trinajstić information content (AvgIpc) is 2.38. The van der Waals surface area contributed by atoms with Crippen molar-refractivity contribution in [3.63, 3.8) is 0 Å². The quantitative estimate of drug-likeness (QED) is 0.494. The molecule has 0 aliphatic rings. The molecular formula is C13H15N3S. The molecule has 0 saturated carbocycles. The summed E-state index contributed by atoms with van der Waals surface area (Å²) in [4.78, 5) is 5.56. The van der Waals surface area contributed by atoms with Gasteiger partial charge in [-0.05, 0) is 31.2 Å². The highest BCUT2D eigenvalue weighted by molar-refractivity contribution is 7.98. The van der Waals surface area contributed by atoms with Gasteiger partial charge in [-0.25, -0.2) is 0 Å². The summed E-state index contributed by atoms with van der Waals surface area (Å²) in [6, 6.07) is 12.3. The molecule has 0 atom stereocenters. The summed E-state index contributed by atoms with van der Waals surface area (Å²) in [5, 5.41) is 0. The highest BCUT2D eigenvalue weighted by Gasteiger charge is 1.98. The maximum atomic E-state index is 5.36. The SMILES string of the molecule is Cc1ccc(SCc2cc(NN)ccn2)cc1. The molecule has 3 nitrogen and oxygen atoms in total. The van der Waals surface area contributed by atoms with Gasteiger partial charge in [-0.15, -0.1) is 11.8 Å². The number of anilines is 1. The van der Waals surface area contributed by atoms with Gasteiger partial charge in [-0.1, -0.05) is 17.7 Å². The number of pyridine rings is 1. The first-order valence-electron chi connectivity index (χ1n) is 5.39. The molecule has 1 heterocycles. The second kappa shape index (κ2) is 5.70. The number of nitrogens with zero attached hydrogens (tertiary/aromatic N) is 1. The molecule has 4 heteroatoms. The molecule has 1 aromatic heterocycles. The molecule has 0 unspecified atom stereocenters. The Morgan fingerprint density at radius 1 is 1.24 bits per heavy atom. The molecule has 0 amide bonds. The predicted molar refractivity (Wildman–Crippen MR) is 72.8 cm³/mol. The van der Waals surface area contributed by atoms with E-state index in [9.17, 15) is 0 Å². The van der Waals surface area contributed by atoms with E-state index in [1.165, 1.54) is 10.5 Å². The molecule has 0 bridgehead atoms. The van der Waals surface area contributed by atoms with Gasteiger partial charge in [0.2, 0.25) is 0 Å². The third-order valence-corrected chi connectivity index (χ3v) is 3.44. The zero-order valence-corrected chi connectivity index (χ0v) is 10.5. The van der Waals surface area contributed by atoms with Crippen LogP contribution in [0.3, 0.4) is 0 Å². The smallest absolute Gasteiger partial charge is 0.0527 e. The number of benzene rings is 1. The van der Waals surface area contributed by atoms with E-state index in [0.29, 0.717) is 0 Å². The van der Waals surface area contributed by atoms with Crippen LogP contribution in [0.2, 0.25) is 0 Å². The van der Waals surface area contributed by atoms with Crippen LogP contribution in [0.5, 0.6) is 0 Å². The Morgan fingerprint density at radius 2 is 2.00 bits per heavy atom. The number of hydrogen-bond donors (Lipinski definition) is 2. The van der Waals surface area contributed by atoms with Crippen molar-refractivity contribution >= 4 is 17.4 Å². The van der Waals surface area contributed by atoms with Gasteiger partial charge in [0, 0.05) is 16.8 Å². The molecule has 0 saturated heterocycles. The number of thioether (sulfide) groups is 1. The fraction of sp³-hybridized carbons (Fsp3) is 0.154. The van der Waals surface area contributed by atoms with Gasteiger partial charge >= 0.3 is 0 Å². The largest absolute Gasteiger partial charge is 0.324 e. The topological polar surface area (TPSA) is 50.9 Å². The lowest BCUT2D eigenvalue weighted by atomic mass is 10.2. The Morgan fingerprint density at radius 3 is 2.71 bits per heavy atom. The molecule has 17 heavy (non-hydrogen) atoms. The summed E-state index contributed by atoms with van der Waals surface area (Å²) < 4.78 is 0. The van der Waals surface area contributed by atoms with Crippen molar-refractivity contribution in [2.24, 2.45) is 5.84 Å². The Bertz CT molecular complexity index is 482. The minimum atomic E-state index is 0.846. The van der Waals surface area contributed by atoms with E-state index >= 15 is 0 Å². The van der Waals surface area contributed by atoms with Crippen LogP contribution < -0.4 is 11.3 Å². The van der Waals surface area contributed by atoms with Gasteiger partial charge in [0.1, 0.15) is 0 Å². The number of nitrogens with one attached hydrogen (secondary N) is 1. The summed E-state index contributed by atoms with van der Waals surface area (Å²) in [6.45, 7) is 2.09. The molecule has 3 N–H and O–H groups in total. The Labute approximate surface area is 105 Å². The molecule has 0 radical (unpaired) electrons. The number of nitrogen functional groups attached to an aromatic ring is 1. The molecule has 0 fully saturated rings. The van der Waals surface area contributed by atoms with Crippen molar-refractivity contribution in [3.8, 4) is 0 Å². The minimum Gasteiger partial charge on any atom is -0.324 e. The van der Waals surface area contributed by atoms with E-state index in [2.05, 4.69) is 41.6 Å². The minimum absolute atomic E-state index is 0.846. The monoisotopic (exact) mass is 245 g/mol. The number of nitrogens with two attached hydrogens (primary N) is 1. The van der Waals surface area contributed by atoms with Crippen LogP contribution in [0.15, 0.2) is 47.5 Å². The van der Waals surface area contributed by atoms with Gasteiger partial charge in [0.25, 0.3) is 0 Å². The second-order valence-electron chi connectivity index (χ2n) is 3.78. The van der Waals surface area contributed by atoms with Crippen molar-refractivity contribution in [3.05, 3.63) is 53.9 Å². The Hall–Kier alpha value is -1.52. The fourth-order valence-corrected chi connectivity index (χ4v) is 2.24. The van der Waals surface area contributed by atoms with Crippen molar-refractivity contribution in [1.82, 2.24) is 4.98 Å². The number of rotatable bonds is 4. The van der Waals surface area contributed by atoms with Crippen LogP contribution >= 0.6 is 11.8 Å². The van der Waals surface area contributed by atoms with E-state index in [4.69, 9.17) is 5.84 Å². The summed E-state index contributed by atoms with van der Waals surface area (Å²) in [7, 11) is 0. The van der Waals surface area contributed by atoms with Crippen LogP contribution in [-0.4, -0.2) is 4.98 Å². The van der Waals surface area contributed by atoms with Crippen molar-refractivity contribution in [1.29, 1.82) is 0 Å². The molecule has 1 aromatic carbocycles. The first-order valence-corrected chi connectivity index (χ1v) is 6.37. The second-order valence-corrected chi connectivity index (χ2v) is 4.83. The van der Waals surface area contributed by atoms with Crippen LogP contribution in [0, 0.1) is 6.92 Å². The van der Waals surface area contributed by atoms with Crippen molar-refractivity contribution < 1.29 is 0 Å². The lowest BCUT2D eigenvalue weighted by Crippen LogP contribution is -2.07. The van der Waals surface area contributed by atoms with Gasteiger partial charge in [-0.2, -0.15) is 0 Å². The van der Waals surface area contributed by atoms with E-state index in [1.54, 1.807) is 18.0 Å². The summed E-state index contributed by atoms with van der Waals surface area (Å²) >= 11 is 1.77. The first kappa shape index (κ1) is 12.0. The molecule has 2 rings (SSSR count). The molecule has 0 spiro atoms. The maximum Gasteiger partial charge on any atom is 0.0527 e. The summed E-state index contributed by atoms with van der Waals surface area (Å²) in [5.41, 5.74) is 5.81. The fourth-order valence-electron chi connectivity index (χ4n) is 1.44. The van der Waals surface area contributed by atoms with Crippen LogP contribution in [0.1, 0.15) is 11.3 Å². The first-order chi connectivity index (χ1) is 8.28. The zero-order valence-electron chi connectivity index (χ0n) is 9.68. The van der Waals surface area contributed by atoms with Gasteiger partial charge in [0.05, 0.1) is 11.4 Å². The van der Waals surface area contributed by atoms with Crippen LogP contribution in [-0.2, 0) is 5.75 Å². The van der Waals surface area contributed by atoms with Crippen LogP contribution in [0.25, 0.3) is 0 Å². The number of aromatic nitrogens is 1. The molecule has 0 aliphatic heterocycles. The number of hydrogen-bond acceptors (Lipinski definition) is 4. The Balaban J connectivity index is 1.99. The number of aryl methyl sites for hydroxylation is 1. The predicted octanol–water partition coefficient (Wildman–Crippen LogP) is 2.97. The Kier molecular flexibility index (Phi) is 4.01. The van der Waals surface area contributed by atoms with E-state index in [0.717, 1.165) is 17.1 Å².